The van der Waals surface area contributed by atoms with E-state index in [1.54, 1.807) is 54.4 Å². The average Bonchev–Trinajstić information content (AvgIpc) is 2.86. The normalized spacial score (nSPS) is 21.4. The number of hydrogen-bond donors (Lipinski definition) is 2. The van der Waals surface area contributed by atoms with Gasteiger partial charge in [0.05, 0.1) is 44.0 Å². The Bertz CT molecular complexity index is 1110. The number of nitrogens with one attached hydrogen (secondary N) is 2. The van der Waals surface area contributed by atoms with Crippen LogP contribution in [0.3, 0.4) is 0 Å². The van der Waals surface area contributed by atoms with Crippen molar-refractivity contribution in [3.05, 3.63) is 48.0 Å². The third-order valence-electron chi connectivity index (χ3n) is 6.25. The van der Waals surface area contributed by atoms with Gasteiger partial charge in [0.25, 0.3) is 5.91 Å². The number of ether oxygens (including phenoxy) is 4. The second-order valence-corrected chi connectivity index (χ2v) is 8.44. The molecule has 3 amide bonds. The Morgan fingerprint density at radius 1 is 1.11 bits per heavy atom. The molecule has 1 fully saturated rings. The predicted molar refractivity (Wildman–Crippen MR) is 128 cm³/mol. The van der Waals surface area contributed by atoms with Gasteiger partial charge in [-0.3, -0.25) is 9.59 Å². The van der Waals surface area contributed by atoms with Crippen molar-refractivity contribution in [1.29, 1.82) is 0 Å². The van der Waals surface area contributed by atoms with Crippen LogP contribution in [0, 0.1) is 0 Å². The first-order chi connectivity index (χ1) is 16.9. The Morgan fingerprint density at radius 3 is 2.69 bits per heavy atom. The Kier molecular flexibility index (Phi) is 7.40. The summed E-state index contributed by atoms with van der Waals surface area (Å²) < 4.78 is 22.0. The molecule has 2 heterocycles. The summed E-state index contributed by atoms with van der Waals surface area (Å²) in [5.74, 6) is 0.363. The van der Waals surface area contributed by atoms with Crippen LogP contribution in [0.2, 0.25) is 0 Å². The largest absolute Gasteiger partial charge is 0.495 e. The fourth-order valence-corrected chi connectivity index (χ4v) is 4.41. The van der Waals surface area contributed by atoms with E-state index in [-0.39, 0.29) is 43.2 Å². The molecular formula is C25H29N3O7. The molecule has 10 heteroatoms. The second kappa shape index (κ2) is 10.6. The minimum absolute atomic E-state index is 0.167. The van der Waals surface area contributed by atoms with Gasteiger partial charge in [0.15, 0.2) is 0 Å². The van der Waals surface area contributed by atoms with Crippen molar-refractivity contribution >= 4 is 29.3 Å². The average molecular weight is 484 g/mol. The molecule has 1 saturated heterocycles. The van der Waals surface area contributed by atoms with Gasteiger partial charge < -0.3 is 34.5 Å². The molecule has 2 aliphatic heterocycles. The van der Waals surface area contributed by atoms with Crippen LogP contribution in [0.4, 0.5) is 16.2 Å². The highest BCUT2D eigenvalue weighted by Crippen LogP contribution is 2.33. The number of fused-ring (bicyclic) bond motifs is 2. The lowest BCUT2D eigenvalue weighted by Gasteiger charge is -2.42. The van der Waals surface area contributed by atoms with Gasteiger partial charge in [0.2, 0.25) is 0 Å². The number of carbonyl (C=O) groups is 3. The monoisotopic (exact) mass is 483 g/mol. The minimum atomic E-state index is -0.473. The number of amides is 3. The van der Waals surface area contributed by atoms with E-state index in [2.05, 4.69) is 10.6 Å². The van der Waals surface area contributed by atoms with Crippen LogP contribution >= 0.6 is 0 Å². The van der Waals surface area contributed by atoms with Gasteiger partial charge in [-0.25, -0.2) is 4.79 Å². The summed E-state index contributed by atoms with van der Waals surface area (Å²) in [4.78, 5) is 39.2. The Hall–Kier alpha value is -3.79. The number of nitrogens with zero attached hydrogens (tertiary/aromatic N) is 1. The highest BCUT2D eigenvalue weighted by Gasteiger charge is 2.39. The molecule has 2 aromatic rings. The zero-order chi connectivity index (χ0) is 24.9. The van der Waals surface area contributed by atoms with Gasteiger partial charge in [-0.15, -0.1) is 0 Å². The van der Waals surface area contributed by atoms with Crippen molar-refractivity contribution in [1.82, 2.24) is 4.90 Å². The number of anilines is 2. The molecule has 0 spiro atoms. The molecule has 2 aromatic carbocycles. The van der Waals surface area contributed by atoms with E-state index < -0.39 is 6.03 Å². The number of likely N-dealkylation sites (N-methyl/N-ethyl adjacent to an activating group) is 1. The van der Waals surface area contributed by atoms with Crippen LogP contribution in [0.25, 0.3) is 0 Å². The van der Waals surface area contributed by atoms with E-state index in [9.17, 15) is 14.4 Å². The summed E-state index contributed by atoms with van der Waals surface area (Å²) in [6, 6.07) is 11.3. The van der Waals surface area contributed by atoms with Gasteiger partial charge in [-0.2, -0.15) is 0 Å². The smallest absolute Gasteiger partial charge is 0.323 e. The summed E-state index contributed by atoms with van der Waals surface area (Å²) in [6.07, 6.45) is 0.825. The maximum Gasteiger partial charge on any atom is 0.323 e. The predicted octanol–water partition coefficient (Wildman–Crippen LogP) is 3.28. The number of urea groups is 1. The van der Waals surface area contributed by atoms with Crippen molar-refractivity contribution < 1.29 is 33.3 Å². The first-order valence-electron chi connectivity index (χ1n) is 11.4. The minimum Gasteiger partial charge on any atom is -0.495 e. The van der Waals surface area contributed by atoms with Gasteiger partial charge in [0, 0.05) is 12.7 Å². The van der Waals surface area contributed by atoms with Crippen LogP contribution in [0.15, 0.2) is 42.5 Å². The van der Waals surface area contributed by atoms with Crippen LogP contribution in [0.1, 0.15) is 29.6 Å². The summed E-state index contributed by atoms with van der Waals surface area (Å²) in [6.45, 7) is 0.230. The molecule has 186 valence electrons. The molecule has 0 saturated carbocycles. The highest BCUT2D eigenvalue weighted by atomic mass is 16.6. The van der Waals surface area contributed by atoms with Crippen molar-refractivity contribution in [3.8, 4) is 11.5 Å². The second-order valence-electron chi connectivity index (χ2n) is 8.44. The van der Waals surface area contributed by atoms with E-state index in [4.69, 9.17) is 18.9 Å². The number of para-hydroxylation sites is 2. The van der Waals surface area contributed by atoms with E-state index in [1.165, 1.54) is 14.2 Å². The van der Waals surface area contributed by atoms with Gasteiger partial charge in [0.1, 0.15) is 24.2 Å². The zero-order valence-corrected chi connectivity index (χ0v) is 19.9. The van der Waals surface area contributed by atoms with E-state index in [1.807, 2.05) is 0 Å². The van der Waals surface area contributed by atoms with Gasteiger partial charge in [-0.1, -0.05) is 12.1 Å². The van der Waals surface area contributed by atoms with E-state index in [0.717, 1.165) is 0 Å². The van der Waals surface area contributed by atoms with E-state index >= 15 is 0 Å². The topological polar surface area (TPSA) is 115 Å². The third-order valence-corrected chi connectivity index (χ3v) is 6.25. The molecule has 4 rings (SSSR count). The molecule has 0 radical (unpaired) electrons. The van der Waals surface area contributed by atoms with Crippen molar-refractivity contribution in [3.63, 3.8) is 0 Å². The Morgan fingerprint density at radius 2 is 1.91 bits per heavy atom. The summed E-state index contributed by atoms with van der Waals surface area (Å²) in [5.41, 5.74) is 1.31. The number of rotatable bonds is 5. The molecule has 0 unspecified atom stereocenters. The SMILES string of the molecule is COC(=O)C[C@H]1CC[C@@H]2[C@@H](COc3ccc(NC(=O)Nc4ccccc4OC)cc3C(=O)N2C)O1. The summed E-state index contributed by atoms with van der Waals surface area (Å²) in [5, 5.41) is 5.49. The maximum absolute atomic E-state index is 13.3. The van der Waals surface area contributed by atoms with Crippen molar-refractivity contribution in [2.45, 2.75) is 37.5 Å². The first-order valence-corrected chi connectivity index (χ1v) is 11.4. The lowest BCUT2D eigenvalue weighted by molar-refractivity contribution is -0.151. The summed E-state index contributed by atoms with van der Waals surface area (Å²) in [7, 11) is 4.60. The molecule has 0 aromatic heterocycles. The molecule has 2 aliphatic rings. The highest BCUT2D eigenvalue weighted by molar-refractivity contribution is 6.03. The maximum atomic E-state index is 13.3. The van der Waals surface area contributed by atoms with Crippen LogP contribution in [-0.2, 0) is 14.3 Å². The molecule has 0 aliphatic carbocycles. The van der Waals surface area contributed by atoms with E-state index in [0.29, 0.717) is 41.3 Å². The zero-order valence-electron chi connectivity index (χ0n) is 19.9. The fourth-order valence-electron chi connectivity index (χ4n) is 4.41. The Balaban J connectivity index is 1.47. The number of methoxy groups -OCH3 is 2. The fraction of sp³-hybridized carbons (Fsp3) is 0.400. The van der Waals surface area contributed by atoms with Crippen LogP contribution in [-0.4, -0.2) is 68.9 Å². The number of esters is 1. The number of carbonyl (C=O) groups excluding carboxylic acids is 3. The van der Waals surface area contributed by atoms with Gasteiger partial charge in [-0.05, 0) is 43.2 Å². The van der Waals surface area contributed by atoms with Crippen LogP contribution in [0.5, 0.6) is 11.5 Å². The number of hydrogen-bond acceptors (Lipinski definition) is 7. The molecule has 3 atom stereocenters. The first kappa shape index (κ1) is 24.3. The Labute approximate surface area is 203 Å². The van der Waals surface area contributed by atoms with Crippen LogP contribution < -0.4 is 20.1 Å². The molecule has 0 bridgehead atoms. The lowest BCUT2D eigenvalue weighted by Crippen LogP contribution is -2.53. The van der Waals surface area contributed by atoms with Crippen molar-refractivity contribution in [2.75, 3.05) is 38.5 Å². The quantitative estimate of drug-likeness (QED) is 0.627. The van der Waals surface area contributed by atoms with Gasteiger partial charge >= 0.3 is 12.0 Å². The molecule has 35 heavy (non-hydrogen) atoms. The standard InChI is InChI=1S/C25H29N3O7/c1-28-19-10-9-16(13-23(29)33-3)35-22(19)14-34-20-11-8-15(12-17(20)24(28)30)26-25(31)27-18-6-4-5-7-21(18)32-2/h4-8,11-12,16,19,22H,9-10,13-14H2,1-3H3,(H2,26,27,31)/t16-,19-,22-/m1/s1. The molecule has 2 N–H and O–H groups in total. The summed E-state index contributed by atoms with van der Waals surface area (Å²) >= 11 is 0. The number of benzene rings is 2. The third kappa shape index (κ3) is 5.48. The lowest BCUT2D eigenvalue weighted by atomic mass is 9.94. The molecule has 10 nitrogen and oxygen atoms in total. The molecular weight excluding hydrogens is 454 g/mol. The van der Waals surface area contributed by atoms with Crippen molar-refractivity contribution in [2.24, 2.45) is 0 Å².